The molecular formula is C15H19N3O3. The van der Waals surface area contributed by atoms with E-state index < -0.39 is 0 Å². The zero-order chi connectivity index (χ0) is 15.2. The van der Waals surface area contributed by atoms with Gasteiger partial charge in [-0.25, -0.2) is 4.98 Å². The Kier molecular flexibility index (Phi) is 4.94. The quantitative estimate of drug-likeness (QED) is 0.866. The molecule has 0 radical (unpaired) electrons. The van der Waals surface area contributed by atoms with Crippen molar-refractivity contribution >= 4 is 0 Å². The van der Waals surface area contributed by atoms with Gasteiger partial charge in [0.1, 0.15) is 0 Å². The molecule has 0 amide bonds. The van der Waals surface area contributed by atoms with Crippen molar-refractivity contribution in [3.8, 4) is 11.5 Å². The summed E-state index contributed by atoms with van der Waals surface area (Å²) in [6.45, 7) is 0.485. The molecule has 21 heavy (non-hydrogen) atoms. The van der Waals surface area contributed by atoms with Gasteiger partial charge in [-0.3, -0.25) is 9.36 Å². The fourth-order valence-corrected chi connectivity index (χ4v) is 2.15. The van der Waals surface area contributed by atoms with E-state index in [-0.39, 0.29) is 11.6 Å². The lowest BCUT2D eigenvalue weighted by Crippen LogP contribution is -2.28. The number of likely N-dealkylation sites (N-methyl/N-ethyl adjacent to an activating group) is 1. The maximum Gasteiger partial charge on any atom is 0.253 e. The molecule has 2 aromatic rings. The van der Waals surface area contributed by atoms with Gasteiger partial charge in [-0.1, -0.05) is 6.07 Å². The minimum absolute atomic E-state index is 0.0355. The van der Waals surface area contributed by atoms with E-state index in [9.17, 15) is 4.79 Å². The molecule has 0 aliphatic carbocycles. The van der Waals surface area contributed by atoms with Crippen molar-refractivity contribution in [2.45, 2.75) is 12.6 Å². The van der Waals surface area contributed by atoms with Gasteiger partial charge in [0.15, 0.2) is 11.5 Å². The Bertz CT molecular complexity index is 655. The Hall–Kier alpha value is -2.34. The summed E-state index contributed by atoms with van der Waals surface area (Å²) < 4.78 is 12.1. The summed E-state index contributed by atoms with van der Waals surface area (Å²) in [6, 6.07) is 7.11. The number of hydrogen-bond donors (Lipinski definition) is 1. The van der Waals surface area contributed by atoms with E-state index in [1.165, 1.54) is 18.6 Å². The molecule has 0 aliphatic heterocycles. The van der Waals surface area contributed by atoms with Crippen LogP contribution in [0.1, 0.15) is 11.6 Å². The fraction of sp³-hybridized carbons (Fsp3) is 0.333. The van der Waals surface area contributed by atoms with Crippen LogP contribution in [-0.4, -0.2) is 30.8 Å². The van der Waals surface area contributed by atoms with Gasteiger partial charge < -0.3 is 14.8 Å². The first kappa shape index (κ1) is 15.1. The molecule has 1 aromatic carbocycles. The van der Waals surface area contributed by atoms with Crippen LogP contribution in [-0.2, 0) is 6.54 Å². The molecule has 2 rings (SSSR count). The summed E-state index contributed by atoms with van der Waals surface area (Å²) in [7, 11) is 5.05. The number of nitrogens with zero attached hydrogens (tertiary/aromatic N) is 2. The van der Waals surface area contributed by atoms with Crippen molar-refractivity contribution < 1.29 is 9.47 Å². The van der Waals surface area contributed by atoms with Crippen LogP contribution in [0.3, 0.4) is 0 Å². The van der Waals surface area contributed by atoms with E-state index in [0.717, 1.165) is 5.56 Å². The van der Waals surface area contributed by atoms with Crippen LogP contribution in [0.4, 0.5) is 0 Å². The number of rotatable bonds is 6. The van der Waals surface area contributed by atoms with Gasteiger partial charge in [-0.15, -0.1) is 0 Å². The zero-order valence-corrected chi connectivity index (χ0v) is 12.4. The summed E-state index contributed by atoms with van der Waals surface area (Å²) in [5.41, 5.74) is 0.927. The molecule has 1 N–H and O–H groups in total. The second kappa shape index (κ2) is 6.90. The number of ether oxygens (including phenoxy) is 2. The largest absolute Gasteiger partial charge is 0.493 e. The van der Waals surface area contributed by atoms with E-state index in [1.54, 1.807) is 18.8 Å². The predicted octanol–water partition coefficient (Wildman–Crippen LogP) is 1.22. The van der Waals surface area contributed by atoms with Gasteiger partial charge in [-0.05, 0) is 24.7 Å². The highest BCUT2D eigenvalue weighted by atomic mass is 16.5. The van der Waals surface area contributed by atoms with E-state index in [1.807, 2.05) is 25.2 Å². The lowest BCUT2D eigenvalue weighted by molar-refractivity contribution is 0.353. The fourth-order valence-electron chi connectivity index (χ4n) is 2.15. The van der Waals surface area contributed by atoms with Crippen LogP contribution < -0.4 is 20.3 Å². The molecule has 0 fully saturated rings. The third-order valence-corrected chi connectivity index (χ3v) is 3.33. The molecule has 1 aromatic heterocycles. The molecule has 0 bridgehead atoms. The minimum atomic E-state index is -0.0780. The molecule has 0 spiro atoms. The van der Waals surface area contributed by atoms with Gasteiger partial charge in [0, 0.05) is 18.8 Å². The van der Waals surface area contributed by atoms with E-state index >= 15 is 0 Å². The molecule has 1 unspecified atom stereocenters. The smallest absolute Gasteiger partial charge is 0.253 e. The Morgan fingerprint density at radius 2 is 2.00 bits per heavy atom. The molecule has 6 nitrogen and oxygen atoms in total. The molecule has 112 valence electrons. The topological polar surface area (TPSA) is 65.4 Å². The second-order valence-corrected chi connectivity index (χ2v) is 4.53. The maximum atomic E-state index is 11.8. The minimum Gasteiger partial charge on any atom is -0.493 e. The summed E-state index contributed by atoms with van der Waals surface area (Å²) in [5.74, 6) is 1.34. The Morgan fingerprint density at radius 1 is 1.24 bits per heavy atom. The first-order valence-corrected chi connectivity index (χ1v) is 6.59. The zero-order valence-electron chi connectivity index (χ0n) is 12.4. The maximum absolute atomic E-state index is 11.8. The number of benzene rings is 1. The average Bonchev–Trinajstić information content (AvgIpc) is 2.53. The molecule has 0 saturated heterocycles. The van der Waals surface area contributed by atoms with Crippen LogP contribution in [0.25, 0.3) is 0 Å². The van der Waals surface area contributed by atoms with Crippen LogP contribution in [0.15, 0.2) is 41.6 Å². The third-order valence-electron chi connectivity index (χ3n) is 3.33. The van der Waals surface area contributed by atoms with Crippen molar-refractivity contribution in [1.82, 2.24) is 14.9 Å². The van der Waals surface area contributed by atoms with Crippen molar-refractivity contribution in [2.24, 2.45) is 0 Å². The van der Waals surface area contributed by atoms with Gasteiger partial charge >= 0.3 is 0 Å². The monoisotopic (exact) mass is 289 g/mol. The van der Waals surface area contributed by atoms with Crippen LogP contribution in [0, 0.1) is 0 Å². The van der Waals surface area contributed by atoms with Gasteiger partial charge in [0.25, 0.3) is 5.56 Å². The summed E-state index contributed by atoms with van der Waals surface area (Å²) in [4.78, 5) is 15.8. The summed E-state index contributed by atoms with van der Waals surface area (Å²) in [6.07, 6.45) is 3.02. The van der Waals surface area contributed by atoms with E-state index in [2.05, 4.69) is 10.3 Å². The van der Waals surface area contributed by atoms with Crippen LogP contribution >= 0.6 is 0 Å². The standard InChI is InChI=1S/C15H19N3O3/c1-16-12(9-18-10-17-7-6-15(18)19)11-4-5-13(20-2)14(8-11)21-3/h4-8,10,12,16H,9H2,1-3H3. The normalized spacial score (nSPS) is 12.0. The third kappa shape index (κ3) is 3.41. The highest BCUT2D eigenvalue weighted by molar-refractivity contribution is 5.43. The van der Waals surface area contributed by atoms with Gasteiger partial charge in [0.05, 0.1) is 26.6 Å². The highest BCUT2D eigenvalue weighted by Crippen LogP contribution is 2.30. The van der Waals surface area contributed by atoms with Crippen LogP contribution in [0.5, 0.6) is 11.5 Å². The number of nitrogens with one attached hydrogen (secondary N) is 1. The van der Waals surface area contributed by atoms with Crippen molar-refractivity contribution in [1.29, 1.82) is 0 Å². The SMILES string of the molecule is CNC(Cn1cnccc1=O)c1ccc(OC)c(OC)c1. The summed E-state index contributed by atoms with van der Waals surface area (Å²) >= 11 is 0. The first-order chi connectivity index (χ1) is 10.2. The van der Waals surface area contributed by atoms with Gasteiger partial charge in [-0.2, -0.15) is 0 Å². The molecule has 0 saturated carbocycles. The molecule has 6 heteroatoms. The second-order valence-electron chi connectivity index (χ2n) is 4.53. The highest BCUT2D eigenvalue weighted by Gasteiger charge is 2.14. The Balaban J connectivity index is 2.29. The van der Waals surface area contributed by atoms with Gasteiger partial charge in [0.2, 0.25) is 0 Å². The van der Waals surface area contributed by atoms with Crippen molar-refractivity contribution in [3.05, 3.63) is 52.7 Å². The average molecular weight is 289 g/mol. The lowest BCUT2D eigenvalue weighted by atomic mass is 10.1. The van der Waals surface area contributed by atoms with Crippen LogP contribution in [0.2, 0.25) is 0 Å². The lowest BCUT2D eigenvalue weighted by Gasteiger charge is -2.19. The van der Waals surface area contributed by atoms with Crippen molar-refractivity contribution in [2.75, 3.05) is 21.3 Å². The molecular weight excluding hydrogens is 270 g/mol. The van der Waals surface area contributed by atoms with E-state index in [0.29, 0.717) is 18.0 Å². The number of hydrogen-bond acceptors (Lipinski definition) is 5. The molecule has 0 aliphatic rings. The Morgan fingerprint density at radius 3 is 2.62 bits per heavy atom. The first-order valence-electron chi connectivity index (χ1n) is 6.59. The number of methoxy groups -OCH3 is 2. The van der Waals surface area contributed by atoms with E-state index in [4.69, 9.17) is 9.47 Å². The summed E-state index contributed by atoms with van der Waals surface area (Å²) in [5, 5.41) is 3.20. The Labute approximate surface area is 123 Å². The predicted molar refractivity (Wildman–Crippen MR) is 79.8 cm³/mol. The number of aromatic nitrogens is 2. The molecule has 1 atom stereocenters. The van der Waals surface area contributed by atoms with Crippen molar-refractivity contribution in [3.63, 3.8) is 0 Å². The molecule has 1 heterocycles.